The second kappa shape index (κ2) is 7.02. The zero-order valence-corrected chi connectivity index (χ0v) is 15.7. The van der Waals surface area contributed by atoms with Crippen LogP contribution in [0.15, 0.2) is 4.79 Å². The summed E-state index contributed by atoms with van der Waals surface area (Å²) in [6.45, 7) is 3.90. The lowest BCUT2D eigenvalue weighted by molar-refractivity contribution is -0.132. The van der Waals surface area contributed by atoms with Gasteiger partial charge in [-0.25, -0.2) is 4.98 Å². The van der Waals surface area contributed by atoms with Gasteiger partial charge < -0.3 is 4.90 Å². The van der Waals surface area contributed by atoms with Gasteiger partial charge in [0, 0.05) is 32.3 Å². The number of nitrogens with zero attached hydrogens (tertiary/aromatic N) is 3. The lowest BCUT2D eigenvalue weighted by Crippen LogP contribution is -2.38. The largest absolute Gasteiger partial charge is 0.343 e. The molecule has 1 amide bonds. The van der Waals surface area contributed by atoms with E-state index in [1.165, 1.54) is 23.9 Å². The average molecular weight is 344 g/mol. The van der Waals surface area contributed by atoms with Gasteiger partial charge in [-0.1, -0.05) is 19.3 Å². The summed E-state index contributed by atoms with van der Waals surface area (Å²) in [4.78, 5) is 31.4. The van der Waals surface area contributed by atoms with Crippen molar-refractivity contribution in [3.8, 4) is 0 Å². The monoisotopic (exact) mass is 344 g/mol. The summed E-state index contributed by atoms with van der Waals surface area (Å²) in [6.07, 6.45) is 7.06. The Bertz CT molecular complexity index is 843. The van der Waals surface area contributed by atoms with Crippen molar-refractivity contribution < 1.29 is 4.79 Å². The summed E-state index contributed by atoms with van der Waals surface area (Å²) in [6, 6.07) is 0.390. The normalized spacial score (nSPS) is 15.7. The number of fused-ring (bicyclic) bond motifs is 1. The van der Waals surface area contributed by atoms with Crippen molar-refractivity contribution >= 4 is 16.9 Å². The van der Waals surface area contributed by atoms with Crippen molar-refractivity contribution in [2.45, 2.75) is 64.8 Å². The highest BCUT2D eigenvalue weighted by atomic mass is 16.2. The van der Waals surface area contributed by atoms with Crippen LogP contribution in [0.3, 0.4) is 0 Å². The number of hydrogen-bond donors (Lipinski definition) is 1. The van der Waals surface area contributed by atoms with E-state index in [-0.39, 0.29) is 11.5 Å². The lowest BCUT2D eigenvalue weighted by Gasteiger charge is -2.31. The number of aryl methyl sites for hydroxylation is 3. The molecule has 2 heterocycles. The van der Waals surface area contributed by atoms with Crippen LogP contribution in [0.4, 0.5) is 0 Å². The van der Waals surface area contributed by atoms with Crippen molar-refractivity contribution in [3.63, 3.8) is 0 Å². The Labute approximate surface area is 148 Å². The smallest absolute Gasteiger partial charge is 0.276 e. The highest BCUT2D eigenvalue weighted by Gasteiger charge is 2.22. The van der Waals surface area contributed by atoms with Crippen LogP contribution in [0.1, 0.15) is 55.3 Å². The maximum atomic E-state index is 12.6. The van der Waals surface area contributed by atoms with Crippen LogP contribution in [0, 0.1) is 13.8 Å². The molecule has 2 aromatic rings. The highest BCUT2D eigenvalue weighted by molar-refractivity contribution is 5.80. The number of pyridine rings is 1. The average Bonchev–Trinajstić information content (AvgIpc) is 2.88. The molecule has 136 valence electrons. The van der Waals surface area contributed by atoms with Gasteiger partial charge in [-0.05, 0) is 44.2 Å². The van der Waals surface area contributed by atoms with Crippen molar-refractivity contribution in [2.75, 3.05) is 7.05 Å². The Balaban J connectivity index is 1.77. The molecular formula is C19H28N4O2. The fraction of sp³-hybridized carbons (Fsp3) is 0.632. The lowest BCUT2D eigenvalue weighted by atomic mass is 9.94. The van der Waals surface area contributed by atoms with Gasteiger partial charge in [0.1, 0.15) is 0 Å². The van der Waals surface area contributed by atoms with Gasteiger partial charge in [-0.3, -0.25) is 19.4 Å². The van der Waals surface area contributed by atoms with E-state index >= 15 is 0 Å². The van der Waals surface area contributed by atoms with Crippen molar-refractivity contribution in [1.29, 1.82) is 0 Å². The summed E-state index contributed by atoms with van der Waals surface area (Å²) in [5, 5.41) is 3.61. The van der Waals surface area contributed by atoms with Crippen molar-refractivity contribution in [1.82, 2.24) is 19.7 Å². The highest BCUT2D eigenvalue weighted by Crippen LogP contribution is 2.24. The number of aromatic nitrogens is 3. The van der Waals surface area contributed by atoms with Crippen molar-refractivity contribution in [3.05, 3.63) is 27.2 Å². The predicted molar refractivity (Wildman–Crippen MR) is 98.8 cm³/mol. The molecule has 0 spiro atoms. The summed E-state index contributed by atoms with van der Waals surface area (Å²) in [7, 11) is 3.63. The fourth-order valence-electron chi connectivity index (χ4n) is 4.06. The molecule has 1 fully saturated rings. The molecule has 0 unspecified atom stereocenters. The Morgan fingerprint density at radius 3 is 2.64 bits per heavy atom. The van der Waals surface area contributed by atoms with Crippen LogP contribution in [0.2, 0.25) is 0 Å². The number of aromatic amines is 1. The molecule has 1 aliphatic rings. The van der Waals surface area contributed by atoms with E-state index in [1.54, 1.807) is 7.05 Å². The summed E-state index contributed by atoms with van der Waals surface area (Å²) >= 11 is 0. The number of carbonyl (C=O) groups excluding carboxylic acids is 1. The number of nitrogens with one attached hydrogen (secondary N) is 1. The Morgan fingerprint density at radius 1 is 1.28 bits per heavy atom. The van der Waals surface area contributed by atoms with E-state index in [9.17, 15) is 9.59 Å². The van der Waals surface area contributed by atoms with E-state index in [1.807, 2.05) is 25.8 Å². The molecule has 3 rings (SSSR count). The van der Waals surface area contributed by atoms with E-state index in [0.717, 1.165) is 29.7 Å². The molecule has 1 N–H and O–H groups in total. The van der Waals surface area contributed by atoms with Gasteiger partial charge >= 0.3 is 0 Å². The molecule has 0 aromatic carbocycles. The Morgan fingerprint density at radius 2 is 1.96 bits per heavy atom. The zero-order valence-electron chi connectivity index (χ0n) is 15.7. The fourth-order valence-corrected chi connectivity index (χ4v) is 4.06. The first kappa shape index (κ1) is 17.7. The molecule has 0 aliphatic heterocycles. The Hall–Kier alpha value is -2.11. The molecule has 1 aliphatic carbocycles. The van der Waals surface area contributed by atoms with Crippen LogP contribution < -0.4 is 5.56 Å². The number of amides is 1. The molecule has 0 saturated heterocycles. The second-order valence-corrected chi connectivity index (χ2v) is 7.30. The number of rotatable bonds is 4. The van der Waals surface area contributed by atoms with Crippen LogP contribution in [0.5, 0.6) is 0 Å². The third kappa shape index (κ3) is 3.34. The minimum Gasteiger partial charge on any atom is -0.343 e. The van der Waals surface area contributed by atoms with Gasteiger partial charge in [-0.15, -0.1) is 0 Å². The van der Waals surface area contributed by atoms with Crippen LogP contribution in [0.25, 0.3) is 11.0 Å². The van der Waals surface area contributed by atoms with Crippen LogP contribution in [-0.2, 0) is 18.3 Å². The zero-order chi connectivity index (χ0) is 18.1. The summed E-state index contributed by atoms with van der Waals surface area (Å²) in [5.41, 5.74) is 3.41. The molecule has 25 heavy (non-hydrogen) atoms. The topological polar surface area (TPSA) is 71.0 Å². The summed E-state index contributed by atoms with van der Waals surface area (Å²) < 4.78 is 1.45. The number of H-pyrrole nitrogens is 1. The molecular weight excluding hydrogens is 316 g/mol. The van der Waals surface area contributed by atoms with Gasteiger partial charge in [0.15, 0.2) is 5.65 Å². The minimum atomic E-state index is -0.0631. The maximum Gasteiger partial charge on any atom is 0.276 e. The minimum absolute atomic E-state index is 0.0631. The first-order chi connectivity index (χ1) is 11.9. The molecule has 0 radical (unpaired) electrons. The first-order valence-electron chi connectivity index (χ1n) is 9.20. The van der Waals surface area contributed by atoms with Crippen LogP contribution >= 0.6 is 0 Å². The molecule has 6 nitrogen and oxygen atoms in total. The molecule has 6 heteroatoms. The third-order valence-electron chi connectivity index (χ3n) is 5.68. The predicted octanol–water partition coefficient (Wildman–Crippen LogP) is 2.60. The van der Waals surface area contributed by atoms with E-state index in [4.69, 9.17) is 0 Å². The molecule has 0 bridgehead atoms. The molecule has 0 atom stereocenters. The van der Waals surface area contributed by atoms with Crippen molar-refractivity contribution in [2.24, 2.45) is 7.05 Å². The maximum absolute atomic E-state index is 12.6. The van der Waals surface area contributed by atoms with E-state index in [2.05, 4.69) is 10.1 Å². The van der Waals surface area contributed by atoms with Gasteiger partial charge in [0.25, 0.3) is 5.56 Å². The first-order valence-corrected chi connectivity index (χ1v) is 9.20. The number of carbonyl (C=O) groups is 1. The number of hydrogen-bond acceptors (Lipinski definition) is 3. The summed E-state index contributed by atoms with van der Waals surface area (Å²) in [5.74, 6) is 0.188. The van der Waals surface area contributed by atoms with Gasteiger partial charge in [0.05, 0.1) is 5.39 Å². The van der Waals surface area contributed by atoms with E-state index in [0.29, 0.717) is 29.9 Å². The van der Waals surface area contributed by atoms with Gasteiger partial charge in [0.2, 0.25) is 5.91 Å². The quantitative estimate of drug-likeness (QED) is 0.927. The molecule has 1 saturated carbocycles. The second-order valence-electron chi connectivity index (χ2n) is 7.30. The van der Waals surface area contributed by atoms with Crippen LogP contribution in [-0.4, -0.2) is 38.7 Å². The van der Waals surface area contributed by atoms with E-state index < -0.39 is 0 Å². The molecule has 2 aromatic heterocycles. The SMILES string of the molecule is Cc1nc2[nH]n(C)c(=O)c2c(C)c1CCC(=O)N(C)C1CCCCC1. The Kier molecular flexibility index (Phi) is 4.97. The van der Waals surface area contributed by atoms with Gasteiger partial charge in [-0.2, -0.15) is 0 Å². The third-order valence-corrected chi connectivity index (χ3v) is 5.68. The standard InChI is InChI=1S/C19H28N4O2/c1-12-15(13(2)20-18-17(12)19(25)23(4)21-18)10-11-16(24)22(3)14-8-6-5-7-9-14/h14H,5-11H2,1-4H3,(H,20,21).